The maximum absolute atomic E-state index is 13.5. The van der Waals surface area contributed by atoms with Gasteiger partial charge in [-0.3, -0.25) is 37.9 Å². The van der Waals surface area contributed by atoms with E-state index >= 15 is 0 Å². The number of hydrogen-bond donors (Lipinski definition) is 8. The Balaban J connectivity index is 0.000000207. The fourth-order valence-electron chi connectivity index (χ4n) is 16.3. The minimum absolute atomic E-state index is 0.00360. The Morgan fingerprint density at radius 3 is 0.944 bits per heavy atom. The molecule has 0 amide bonds. The van der Waals surface area contributed by atoms with Gasteiger partial charge < -0.3 is 58.5 Å². The lowest BCUT2D eigenvalue weighted by molar-refractivity contribution is 0.297. The second-order valence-electron chi connectivity index (χ2n) is 33.5. The van der Waals surface area contributed by atoms with Crippen molar-refractivity contribution < 1.29 is 120 Å². The number of nitrogens with zero attached hydrogens (tertiary/aromatic N) is 16. The van der Waals surface area contributed by atoms with Gasteiger partial charge in [-0.1, -0.05) is 80.6 Å². The van der Waals surface area contributed by atoms with Crippen LogP contribution in [-0.4, -0.2) is 263 Å². The number of rotatable bonds is 44. The Bertz CT molecular complexity index is 9390. The summed E-state index contributed by atoms with van der Waals surface area (Å²) >= 11 is 0. The summed E-state index contributed by atoms with van der Waals surface area (Å²) in [4.78, 5) is 84.1. The SMILES string of the molecule is [2H]C(CC1CCCN1C([2H])([2H])[2H])NS(=O)(=O)c1ccc(OCCC)c(-c2nc3c(CC([2H])([2H])C([2H])([2H])[2H])nn(C([2H])([2H])[2H])c3c(=O)[nH]2)c1.[2H]C([2H])(CC1CCCN1C([2H])([2H])[2H])NS(=O)(=O)c1ccc(OCCC)c(-c2nc3c(CC([2H])([2H])C([2H])([2H])[2H])nn(C([2H])([2H])[2H])c3c(=O)[nH]2)c1.[2H]C([2H])([2H])N1CCCC1CCNS(=O)(=O)c1ccc(OCCC)c(-c2nc3c(C([2H])([2H])C([2H])([2H])C([2H])([2H])[2H])nn(C([2H])([2H])[2H])c3c(=O)[nH]2)c1.[2H]C([2H])([2H])N1CCCC1CCNS(=O)(=O)c1ccc(OCCC)c(-c2nc3c(CC([2H])([2H])C([2H])([2H])[2H])nn(C([2H])([2H])[2H])c3c(=O)[nH]2)c1. The van der Waals surface area contributed by atoms with Gasteiger partial charge in [-0.25, -0.2) is 72.5 Å². The van der Waals surface area contributed by atoms with Crippen molar-refractivity contribution in [2.75, 3.05) is 107 Å². The Hall–Kier alpha value is -11.0. The topological polar surface area (TPSA) is 489 Å². The van der Waals surface area contributed by atoms with Crippen LogP contribution in [-0.2, 0) is 93.6 Å². The van der Waals surface area contributed by atoms with Gasteiger partial charge in [-0.2, -0.15) is 20.4 Å². The average Bonchev–Trinajstić information content (AvgIpc) is 1.56. The van der Waals surface area contributed by atoms with Crippen LogP contribution in [0.1, 0.15) is 273 Å². The lowest BCUT2D eigenvalue weighted by Crippen LogP contribution is -2.31. The minimum atomic E-state index is -4.66. The molecule has 12 heterocycles. The van der Waals surface area contributed by atoms with Crippen LogP contribution in [0.15, 0.2) is 112 Å². The molecule has 784 valence electrons. The number of hydrogen-bond acceptors (Lipinski definition) is 28. The lowest BCUT2D eigenvalue weighted by Gasteiger charge is -2.19. The molecule has 5 unspecified atom stereocenters. The van der Waals surface area contributed by atoms with Crippen LogP contribution in [0.2, 0.25) is 0 Å². The van der Waals surface area contributed by atoms with Crippen molar-refractivity contribution in [2.45, 2.75) is 253 Å². The highest BCUT2D eigenvalue weighted by Gasteiger charge is 2.32. The number of fused-ring (bicyclic) bond motifs is 4. The number of H-pyrrole nitrogens is 4. The molecule has 4 aliphatic rings. The van der Waals surface area contributed by atoms with Gasteiger partial charge in [0.2, 0.25) is 40.1 Å². The summed E-state index contributed by atoms with van der Waals surface area (Å²) in [5, 5.41) is 15.2. The third-order valence-electron chi connectivity index (χ3n) is 23.4. The molecule has 8 aromatic heterocycles. The zero-order chi connectivity index (χ0) is 145. The number of aryl methyl sites for hydroxylation is 8. The van der Waals surface area contributed by atoms with Gasteiger partial charge in [0.1, 0.15) is 68.4 Å². The number of ether oxygens (including phenoxy) is 4. The third kappa shape index (κ3) is 26.5. The zero-order valence-electron chi connectivity index (χ0n) is 128. The Kier molecular flexibility index (Phi) is 21.3. The van der Waals surface area contributed by atoms with E-state index in [1.54, 1.807) is 13.8 Å². The number of sulfonamides is 4. The second kappa shape index (κ2) is 49.9. The lowest BCUT2D eigenvalue weighted by atomic mass is 10.1. The molecule has 0 bridgehead atoms. The molecule has 4 aliphatic heterocycles. The second-order valence-corrected chi connectivity index (χ2v) is 40.4. The van der Waals surface area contributed by atoms with E-state index < -0.39 is 300 Å². The first-order chi connectivity index (χ1) is 88.1. The van der Waals surface area contributed by atoms with E-state index in [2.05, 4.69) is 74.4 Å². The monoisotopic (exact) mass is 2110 g/mol. The van der Waals surface area contributed by atoms with E-state index in [4.69, 9.17) is 86.1 Å². The molecule has 0 saturated carbocycles. The van der Waals surface area contributed by atoms with Crippen LogP contribution in [0.5, 0.6) is 23.0 Å². The number of nitrogens with one attached hydrogen (secondary N) is 8. The number of aromatic nitrogens is 16. The molecule has 0 aliphatic carbocycles. The molecular weight excluding hydrogens is 1920 g/mol. The fourth-order valence-corrected chi connectivity index (χ4v) is 20.3. The first-order valence-corrected chi connectivity index (χ1v) is 51.8. The zero-order valence-corrected chi connectivity index (χ0v) is 81.9. The van der Waals surface area contributed by atoms with Crippen LogP contribution in [0, 0.1) is 0 Å². The first kappa shape index (κ1) is 61.5. The molecule has 44 heteroatoms. The summed E-state index contributed by atoms with van der Waals surface area (Å²) in [5.74, 6) is -1.12. The van der Waals surface area contributed by atoms with Gasteiger partial charge in [-0.15, -0.1) is 0 Å². The van der Waals surface area contributed by atoms with Crippen LogP contribution in [0.3, 0.4) is 0 Å². The molecular formula is C100H144N24O16S4. The van der Waals surface area contributed by atoms with Crippen molar-refractivity contribution >= 4 is 84.2 Å². The number of aromatic amines is 4. The molecule has 4 aromatic carbocycles. The van der Waals surface area contributed by atoms with E-state index in [1.807, 2.05) is 18.6 Å². The smallest absolute Gasteiger partial charge is 0.277 e. The van der Waals surface area contributed by atoms with E-state index in [9.17, 15) is 52.8 Å². The minimum Gasteiger partial charge on any atom is -0.493 e. The van der Waals surface area contributed by atoms with Crippen LogP contribution in [0.4, 0.5) is 0 Å². The van der Waals surface area contributed by atoms with Crippen LogP contribution in [0.25, 0.3) is 89.7 Å². The maximum Gasteiger partial charge on any atom is 0.277 e. The molecule has 0 spiro atoms. The summed E-state index contributed by atoms with van der Waals surface area (Å²) in [5.41, 5.74) is -11.5. The Morgan fingerprint density at radius 1 is 0.361 bits per heavy atom. The van der Waals surface area contributed by atoms with Crippen molar-refractivity contribution in [3.8, 4) is 68.5 Å². The van der Waals surface area contributed by atoms with Gasteiger partial charge in [0.15, 0.2) is 22.1 Å². The molecule has 40 nitrogen and oxygen atoms in total. The highest BCUT2D eigenvalue weighted by atomic mass is 32.2. The number of benzene rings is 4. The molecule has 0 radical (unpaired) electrons. The van der Waals surface area contributed by atoms with Crippen LogP contribution >= 0.6 is 0 Å². The van der Waals surface area contributed by atoms with Gasteiger partial charge in [0.25, 0.3) is 22.2 Å². The summed E-state index contributed by atoms with van der Waals surface area (Å²) in [6.45, 7) is -29.7. The van der Waals surface area contributed by atoms with Gasteiger partial charge in [0.05, 0.1) is 91.0 Å². The fraction of sp³-hybridized carbons (Fsp3) is 0.560. The third-order valence-corrected chi connectivity index (χ3v) is 29.0. The first-order valence-electron chi connectivity index (χ1n) is 70.5. The largest absolute Gasteiger partial charge is 0.493 e. The highest BCUT2D eigenvalue weighted by molar-refractivity contribution is 7.90. The van der Waals surface area contributed by atoms with Gasteiger partial charge in [0, 0.05) is 145 Å². The molecule has 4 saturated heterocycles. The van der Waals surface area contributed by atoms with Gasteiger partial charge in [-0.05, 0) is 255 Å². The average molecular weight is 2120 g/mol. The molecule has 12 aromatic rings. The summed E-state index contributed by atoms with van der Waals surface area (Å²) in [6, 6.07) is 12.5. The Labute approximate surface area is 911 Å². The van der Waals surface area contributed by atoms with Crippen molar-refractivity contribution in [2.24, 2.45) is 27.9 Å². The van der Waals surface area contributed by atoms with Crippen molar-refractivity contribution in [1.29, 1.82) is 0 Å². The van der Waals surface area contributed by atoms with Crippen molar-refractivity contribution in [3.05, 3.63) is 137 Å². The highest BCUT2D eigenvalue weighted by Crippen LogP contribution is 2.38. The molecule has 16 rings (SSSR count). The normalized spacial score (nSPS) is 23.6. The predicted octanol–water partition coefficient (Wildman–Crippen LogP) is 11.3. The standard InChI is InChI=1S/4C25H36N6O4S/c4*1-5-8-20-22-23(31(4)29-20)25(32)28-24(27-22)19-16-18(10-11-21(19)35-15-6-2)36(33,34)26-13-12-17-9-7-14-30(17)3/h4*10-11,16-17,26H,5-9,12-15H2,1-4H3,(H,27,28,32)/i1D3,3D3,4D3,5D2,13D2;1D3,3D3,4D3,5D2,13D;1D3,3D3,4D3,5D2,8D2;1D3,3D3,4D3,5D2. The molecule has 8 N–H and O–H groups in total. The van der Waals surface area contributed by atoms with E-state index in [0.29, 0.717) is 111 Å². The Morgan fingerprint density at radius 2 is 0.646 bits per heavy atom. The molecule has 4 fully saturated rings. The van der Waals surface area contributed by atoms with E-state index in [0.717, 1.165) is 29.2 Å². The summed E-state index contributed by atoms with van der Waals surface area (Å²) < 4.78 is 525. The van der Waals surface area contributed by atoms with Crippen molar-refractivity contribution in [1.82, 2.24) is 117 Å². The molecule has 5 atom stereocenters. The van der Waals surface area contributed by atoms with Crippen molar-refractivity contribution in [3.63, 3.8) is 0 Å². The number of likely N-dealkylation sites (tertiary alicyclic amines) is 4. The summed E-state index contributed by atoms with van der Waals surface area (Å²) in [7, 11) is -17.5. The van der Waals surface area contributed by atoms with E-state index in [-0.39, 0.29) is 165 Å². The van der Waals surface area contributed by atoms with E-state index in [1.165, 1.54) is 63.2 Å². The maximum atomic E-state index is 13.5. The molecule has 144 heavy (non-hydrogen) atoms. The van der Waals surface area contributed by atoms with Gasteiger partial charge >= 0.3 is 0 Å². The quantitative estimate of drug-likeness (QED) is 0.0176. The predicted molar refractivity (Wildman–Crippen MR) is 559 cm³/mol. The summed E-state index contributed by atoms with van der Waals surface area (Å²) in [6.07, 6.45) is -12.1. The van der Waals surface area contributed by atoms with Crippen LogP contribution < -0.4 is 60.1 Å².